The van der Waals surface area contributed by atoms with Crippen molar-refractivity contribution >= 4 is 40.6 Å². The van der Waals surface area contributed by atoms with Gasteiger partial charge in [0.2, 0.25) is 5.91 Å². The zero-order valence-corrected chi connectivity index (χ0v) is 25.0. The number of hydrogen-bond acceptors (Lipinski definition) is 7. The lowest BCUT2D eigenvalue weighted by Crippen LogP contribution is -2.58. The van der Waals surface area contributed by atoms with Crippen LogP contribution in [0.4, 0.5) is 5.82 Å². The number of rotatable bonds is 6. The molecule has 0 bridgehead atoms. The fraction of sp³-hybridized carbons (Fsp3) is 0.312. The molecule has 9 nitrogen and oxygen atoms in total. The van der Waals surface area contributed by atoms with Crippen LogP contribution in [-0.2, 0) is 4.79 Å². The Labute approximate surface area is 250 Å². The second-order valence-corrected chi connectivity index (χ2v) is 11.4. The number of anilines is 1. The van der Waals surface area contributed by atoms with Gasteiger partial charge in [0, 0.05) is 42.5 Å². The Morgan fingerprint density at radius 3 is 2.50 bits per heavy atom. The molecular formula is C32H33ClN6O3. The fourth-order valence-corrected chi connectivity index (χ4v) is 6.06. The van der Waals surface area contributed by atoms with Crippen molar-refractivity contribution in [3.8, 4) is 16.9 Å². The van der Waals surface area contributed by atoms with Crippen LogP contribution in [0.3, 0.4) is 0 Å². The summed E-state index contributed by atoms with van der Waals surface area (Å²) in [5, 5.41) is 0.769. The maximum absolute atomic E-state index is 14.1. The number of amides is 1. The van der Waals surface area contributed by atoms with E-state index in [1.807, 2.05) is 45.6 Å². The quantitative estimate of drug-likeness (QED) is 0.222. The first-order valence-electron chi connectivity index (χ1n) is 14.3. The molecule has 2 atom stereocenters. The molecule has 5 rings (SSSR count). The summed E-state index contributed by atoms with van der Waals surface area (Å²) < 4.78 is 9.27. The topological polar surface area (TPSA) is 101 Å². The van der Waals surface area contributed by atoms with Crippen LogP contribution < -0.4 is 10.6 Å². The van der Waals surface area contributed by atoms with Crippen LogP contribution in [0.15, 0.2) is 60.0 Å². The van der Waals surface area contributed by atoms with E-state index < -0.39 is 12.0 Å². The van der Waals surface area contributed by atoms with Gasteiger partial charge in [0.25, 0.3) is 0 Å². The van der Waals surface area contributed by atoms with Crippen molar-refractivity contribution in [1.82, 2.24) is 24.4 Å². The minimum atomic E-state index is -0.874. The Bertz CT molecular complexity index is 1830. The van der Waals surface area contributed by atoms with Gasteiger partial charge in [-0.3, -0.25) is 14.6 Å². The van der Waals surface area contributed by atoms with Gasteiger partial charge < -0.3 is 9.80 Å². The Morgan fingerprint density at radius 1 is 1.17 bits per heavy atom. The number of hydrogen-bond donors (Lipinski definition) is 0. The van der Waals surface area contributed by atoms with Gasteiger partial charge in [0.05, 0.1) is 27.5 Å². The Hall–Kier alpha value is -4.37. The maximum Gasteiger partial charge on any atom is 0.355 e. The molecule has 1 amide bonds. The van der Waals surface area contributed by atoms with Gasteiger partial charge in [-0.25, -0.2) is 14.3 Å². The Kier molecular flexibility index (Phi) is 7.60. The zero-order valence-electron chi connectivity index (χ0n) is 25.3. The lowest BCUT2D eigenvalue weighted by atomic mass is 10.0. The summed E-state index contributed by atoms with van der Waals surface area (Å²) in [7, 11) is 0. The molecule has 1 fully saturated rings. The molecule has 216 valence electrons. The fourth-order valence-electron chi connectivity index (χ4n) is 5.81. The molecule has 4 heterocycles. The van der Waals surface area contributed by atoms with Crippen molar-refractivity contribution in [3.63, 3.8) is 0 Å². The van der Waals surface area contributed by atoms with E-state index in [0.717, 1.165) is 5.56 Å². The summed E-state index contributed by atoms with van der Waals surface area (Å²) in [6.45, 7) is 14.3. The molecule has 3 aromatic heterocycles. The molecule has 42 heavy (non-hydrogen) atoms. The molecule has 0 unspecified atom stereocenters. The van der Waals surface area contributed by atoms with Gasteiger partial charge in [0.15, 0.2) is 11.9 Å². The highest BCUT2D eigenvalue weighted by Gasteiger charge is 2.34. The van der Waals surface area contributed by atoms with Crippen LogP contribution in [0.5, 0.6) is 0 Å². The number of halogens is 1. The Morgan fingerprint density at radius 2 is 1.86 bits per heavy atom. The van der Waals surface area contributed by atoms with E-state index in [9.17, 15) is 14.4 Å². The van der Waals surface area contributed by atoms with E-state index in [4.69, 9.17) is 18.0 Å². The maximum atomic E-state index is 14.1. The first kappa shape index (κ1) is 27.8. The molecule has 1 aliphatic heterocycles. The second kappa shape index (κ2) is 11.5. The number of piperazine rings is 1. The minimum absolute atomic E-state index is 0.0134. The second-order valence-electron chi connectivity index (χ2n) is 11.0. The van der Waals surface area contributed by atoms with Gasteiger partial charge in [-0.2, -0.15) is 4.98 Å². The van der Waals surface area contributed by atoms with Crippen molar-refractivity contribution in [1.29, 1.82) is 0 Å². The number of aldehydes is 1. The molecule has 0 N–H and O–H groups in total. The summed E-state index contributed by atoms with van der Waals surface area (Å²) in [5.74, 6) is 0.234. The third kappa shape index (κ3) is 4.98. The SMILES string of the molecule is [2H]C(=O)c1ccccc1-c1nc2c(cc1Cl)c(N1[C@@H](C)CN(C(=O)C=C)C[C@@H]1C)nc(=O)n2-c1c(C)ccnc1C(C)C. The lowest BCUT2D eigenvalue weighted by molar-refractivity contribution is -0.127. The number of aryl methyl sites for hydroxylation is 1. The first-order valence-corrected chi connectivity index (χ1v) is 14.2. The molecule has 1 saturated heterocycles. The van der Waals surface area contributed by atoms with Gasteiger partial charge in [0.1, 0.15) is 7.19 Å². The van der Waals surface area contributed by atoms with Crippen molar-refractivity contribution in [2.75, 3.05) is 18.0 Å². The molecule has 10 heteroatoms. The van der Waals surface area contributed by atoms with Crippen LogP contribution in [0, 0.1) is 6.92 Å². The standard InChI is InChI=1S/C32H33ClN6O3/c1-7-26(41)37-15-20(5)38(21(6)16-37)31-24-14-25(33)28(23-11-9-8-10-22(23)17-40)35-30(24)39(32(42)36-31)29-19(4)12-13-34-27(29)18(2)3/h7-14,17-18,20-21H,1,15-16H2,2-6H3/t20-,21-/m0/s1/i17D. The van der Waals surface area contributed by atoms with Crippen LogP contribution >= 0.6 is 11.6 Å². The molecule has 0 aliphatic carbocycles. The Balaban J connectivity index is 1.86. The molecule has 1 aliphatic rings. The molecule has 1 aromatic carbocycles. The van der Waals surface area contributed by atoms with Crippen LogP contribution in [-0.4, -0.2) is 61.8 Å². The number of aromatic nitrogens is 4. The summed E-state index contributed by atoms with van der Waals surface area (Å²) in [6, 6.07) is 9.81. The summed E-state index contributed by atoms with van der Waals surface area (Å²) in [6.07, 6.45) is 2.14. The van der Waals surface area contributed by atoms with E-state index in [2.05, 4.69) is 16.5 Å². The average Bonchev–Trinajstić information content (AvgIpc) is 2.96. The van der Waals surface area contributed by atoms with Crippen molar-refractivity contribution in [3.05, 3.63) is 87.6 Å². The van der Waals surface area contributed by atoms with Gasteiger partial charge in [-0.15, -0.1) is 0 Å². The van der Waals surface area contributed by atoms with Gasteiger partial charge >= 0.3 is 5.69 Å². The predicted octanol–water partition coefficient (Wildman–Crippen LogP) is 5.35. The van der Waals surface area contributed by atoms with Gasteiger partial charge in [-0.05, 0) is 50.5 Å². The highest BCUT2D eigenvalue weighted by atomic mass is 35.5. The van der Waals surface area contributed by atoms with Crippen molar-refractivity contribution < 1.29 is 11.0 Å². The number of pyridine rings is 2. The van der Waals surface area contributed by atoms with Crippen LogP contribution in [0.25, 0.3) is 28.0 Å². The monoisotopic (exact) mass is 585 g/mol. The third-order valence-corrected chi connectivity index (χ3v) is 7.96. The summed E-state index contributed by atoms with van der Waals surface area (Å²) >= 11 is 6.89. The molecule has 4 aromatic rings. The summed E-state index contributed by atoms with van der Waals surface area (Å²) in [4.78, 5) is 56.7. The largest absolute Gasteiger partial charge is 0.355 e. The number of fused-ring (bicyclic) bond motifs is 1. The zero-order chi connectivity index (χ0) is 31.2. The number of carbonyl (C=O) groups is 2. The van der Waals surface area contributed by atoms with Crippen LogP contribution in [0.2, 0.25) is 5.02 Å². The van der Waals surface area contributed by atoms with E-state index in [1.165, 1.54) is 10.6 Å². The number of nitrogens with zero attached hydrogens (tertiary/aromatic N) is 6. The predicted molar refractivity (Wildman–Crippen MR) is 166 cm³/mol. The van der Waals surface area contributed by atoms with E-state index in [0.29, 0.717) is 46.9 Å². The van der Waals surface area contributed by atoms with Crippen molar-refractivity contribution in [2.45, 2.75) is 52.6 Å². The van der Waals surface area contributed by atoms with E-state index >= 15 is 0 Å². The van der Waals surface area contributed by atoms with Crippen molar-refractivity contribution in [2.24, 2.45) is 0 Å². The van der Waals surface area contributed by atoms with Crippen LogP contribution in [0.1, 0.15) is 56.6 Å². The molecule has 0 spiro atoms. The smallest absolute Gasteiger partial charge is 0.347 e. The highest BCUT2D eigenvalue weighted by Crippen LogP contribution is 2.37. The number of benzene rings is 1. The first-order chi connectivity index (χ1) is 20.4. The third-order valence-electron chi connectivity index (χ3n) is 7.67. The number of carbonyl (C=O) groups excluding carboxylic acids is 2. The molecular weight excluding hydrogens is 552 g/mol. The van der Waals surface area contributed by atoms with E-state index in [-0.39, 0.29) is 40.2 Å². The molecule has 0 radical (unpaired) electrons. The van der Waals surface area contributed by atoms with Gasteiger partial charge in [-0.1, -0.05) is 56.3 Å². The minimum Gasteiger partial charge on any atom is -0.347 e. The summed E-state index contributed by atoms with van der Waals surface area (Å²) in [5.41, 5.74) is 2.65. The molecule has 0 saturated carbocycles. The highest BCUT2D eigenvalue weighted by molar-refractivity contribution is 6.34. The average molecular weight is 586 g/mol. The van der Waals surface area contributed by atoms with E-state index in [1.54, 1.807) is 41.4 Å². The lowest BCUT2D eigenvalue weighted by Gasteiger charge is -2.45. The normalized spacial score (nSPS) is 17.5.